The molecule has 0 aliphatic carbocycles. The van der Waals surface area contributed by atoms with Crippen LogP contribution in [-0.4, -0.2) is 129 Å². The smallest absolute Gasteiger partial charge is 0.279 e. The first-order valence-corrected chi connectivity index (χ1v) is 11.0. The molecule has 3 N–H and O–H groups in total. The molecule has 1 aromatic rings. The van der Waals surface area contributed by atoms with Crippen molar-refractivity contribution in [3.05, 3.63) is 18.2 Å². The number of rotatable bonds is 6. The molecule has 0 unspecified atom stereocenters. The van der Waals surface area contributed by atoms with Crippen LogP contribution in [0.4, 0.5) is 11.4 Å². The number of anilines is 2. The molecule has 1 aromatic carbocycles. The lowest BCUT2D eigenvalue weighted by Crippen LogP contribution is -3.00. The highest BCUT2D eigenvalue weighted by molar-refractivity contribution is 5.98. The van der Waals surface area contributed by atoms with Crippen molar-refractivity contribution in [1.82, 2.24) is 9.80 Å². The van der Waals surface area contributed by atoms with Gasteiger partial charge in [-0.2, -0.15) is 0 Å². The third-order valence-electron chi connectivity index (χ3n) is 6.72. The summed E-state index contributed by atoms with van der Waals surface area (Å²) in [7, 11) is 8.36. The van der Waals surface area contributed by atoms with Crippen molar-refractivity contribution in [2.75, 3.05) is 104 Å². The van der Waals surface area contributed by atoms with Crippen molar-refractivity contribution in [1.29, 1.82) is 0 Å². The van der Waals surface area contributed by atoms with E-state index in [1.165, 1.54) is 0 Å². The Bertz CT molecular complexity index is 747. The number of hydrogen-bond donors (Lipinski definition) is 3. The quantitative estimate of drug-likeness (QED) is 0.265. The SMILES string of the molecule is CN1CC[N+](C)(CC(=O)Nc2cccc(NC(=O)C[N+]3(C)CCN(C)CC3)c2O)CC1.[Cl-].[Cl-]. The van der Waals surface area contributed by atoms with Crippen LogP contribution in [0.25, 0.3) is 0 Å². The average molecular weight is 505 g/mol. The number of nitrogens with zero attached hydrogens (tertiary/aromatic N) is 4. The van der Waals surface area contributed by atoms with Crippen LogP contribution < -0.4 is 35.4 Å². The molecule has 188 valence electrons. The van der Waals surface area contributed by atoms with Gasteiger partial charge in [0.15, 0.2) is 18.8 Å². The summed E-state index contributed by atoms with van der Waals surface area (Å²) in [4.78, 5) is 29.8. The maximum atomic E-state index is 12.6. The second-order valence-electron chi connectivity index (χ2n) is 9.85. The molecular weight excluding hydrogens is 467 g/mol. The highest BCUT2D eigenvalue weighted by Gasteiger charge is 2.31. The van der Waals surface area contributed by atoms with E-state index in [1.54, 1.807) is 18.2 Å². The van der Waals surface area contributed by atoms with Crippen molar-refractivity contribution in [3.63, 3.8) is 0 Å². The molecule has 0 spiro atoms. The predicted molar refractivity (Wildman–Crippen MR) is 122 cm³/mol. The Balaban J connectivity index is 0.00000272. The number of amides is 2. The molecule has 2 amide bonds. The van der Waals surface area contributed by atoms with E-state index >= 15 is 0 Å². The normalized spacial score (nSPS) is 20.1. The minimum absolute atomic E-state index is 0. The third kappa shape index (κ3) is 8.27. The van der Waals surface area contributed by atoms with Gasteiger partial charge in [-0.05, 0) is 26.2 Å². The van der Waals surface area contributed by atoms with Crippen LogP contribution in [0.1, 0.15) is 0 Å². The fourth-order valence-electron chi connectivity index (χ4n) is 4.23. The first kappa shape index (κ1) is 29.4. The van der Waals surface area contributed by atoms with Crippen LogP contribution in [0.2, 0.25) is 0 Å². The molecule has 0 bridgehead atoms. The van der Waals surface area contributed by atoms with Crippen LogP contribution in [0.5, 0.6) is 5.75 Å². The van der Waals surface area contributed by atoms with Crippen molar-refractivity contribution < 1.29 is 48.5 Å². The standard InChI is InChI=1S/C22H36N6O3.2ClH/c1-25-8-12-27(3,13-9-25)16-20(29)23-18-6-5-7-19(22(18)31)24-21(30)17-28(4)14-10-26(2)11-15-28;;/h5-7H,8-17H2,1-4H3,(H-2,23,24,29,30,31);2*1H. The molecule has 2 aliphatic heterocycles. The van der Waals surface area contributed by atoms with Crippen molar-refractivity contribution in [3.8, 4) is 5.75 Å². The number of phenols is 1. The molecule has 33 heavy (non-hydrogen) atoms. The van der Waals surface area contributed by atoms with E-state index in [-0.39, 0.29) is 42.4 Å². The number of carbonyl (C=O) groups excluding carboxylic acids is 2. The Kier molecular flexibility index (Phi) is 10.9. The zero-order valence-corrected chi connectivity index (χ0v) is 21.6. The van der Waals surface area contributed by atoms with E-state index < -0.39 is 0 Å². The topological polar surface area (TPSA) is 84.9 Å². The Morgan fingerprint density at radius 2 is 1.15 bits per heavy atom. The number of hydrogen-bond acceptors (Lipinski definition) is 5. The number of quaternary nitrogens is 2. The Labute approximate surface area is 209 Å². The van der Waals surface area contributed by atoms with Gasteiger partial charge in [-0.3, -0.25) is 19.4 Å². The fourth-order valence-corrected chi connectivity index (χ4v) is 4.23. The summed E-state index contributed by atoms with van der Waals surface area (Å²) in [6.07, 6.45) is 0. The van der Waals surface area contributed by atoms with Crippen LogP contribution in [0.3, 0.4) is 0 Å². The van der Waals surface area contributed by atoms with Gasteiger partial charge >= 0.3 is 0 Å². The van der Waals surface area contributed by atoms with Crippen LogP contribution in [0.15, 0.2) is 18.2 Å². The summed E-state index contributed by atoms with van der Waals surface area (Å²) < 4.78 is 1.36. The van der Waals surface area contributed by atoms with E-state index in [0.717, 1.165) is 52.4 Å². The number of aromatic hydroxyl groups is 1. The number of likely N-dealkylation sites (N-methyl/N-ethyl adjacent to an activating group) is 4. The molecule has 0 saturated carbocycles. The van der Waals surface area contributed by atoms with E-state index in [1.807, 2.05) is 0 Å². The summed E-state index contributed by atoms with van der Waals surface area (Å²) in [5, 5.41) is 16.3. The number of benzene rings is 1. The molecule has 2 heterocycles. The van der Waals surface area contributed by atoms with Gasteiger partial charge in [-0.1, -0.05) is 6.07 Å². The number of piperazine rings is 2. The first-order valence-electron chi connectivity index (χ1n) is 11.0. The maximum Gasteiger partial charge on any atom is 0.279 e. The molecule has 9 nitrogen and oxygen atoms in total. The highest BCUT2D eigenvalue weighted by Crippen LogP contribution is 2.32. The third-order valence-corrected chi connectivity index (χ3v) is 6.72. The molecule has 2 aliphatic rings. The van der Waals surface area contributed by atoms with Crippen molar-refractivity contribution >= 4 is 23.2 Å². The summed E-state index contributed by atoms with van der Waals surface area (Å²) >= 11 is 0. The van der Waals surface area contributed by atoms with Crippen LogP contribution in [-0.2, 0) is 9.59 Å². The molecular formula is C22H38Cl2N6O3. The van der Waals surface area contributed by atoms with Gasteiger partial charge in [0.1, 0.15) is 0 Å². The van der Waals surface area contributed by atoms with Gasteiger partial charge in [-0.15, -0.1) is 0 Å². The fraction of sp³-hybridized carbons (Fsp3) is 0.636. The van der Waals surface area contributed by atoms with Gasteiger partial charge in [0.2, 0.25) is 0 Å². The zero-order chi connectivity index (χ0) is 22.6. The lowest BCUT2D eigenvalue weighted by atomic mass is 10.2. The molecule has 0 atom stereocenters. The minimum Gasteiger partial charge on any atom is -1.00 e. The van der Waals surface area contributed by atoms with Crippen molar-refractivity contribution in [2.24, 2.45) is 0 Å². The largest absolute Gasteiger partial charge is 1.00 e. The van der Waals surface area contributed by atoms with Crippen molar-refractivity contribution in [2.45, 2.75) is 0 Å². The molecule has 3 rings (SSSR count). The Morgan fingerprint density at radius 1 is 0.818 bits per heavy atom. The molecule has 0 radical (unpaired) electrons. The zero-order valence-electron chi connectivity index (χ0n) is 20.1. The summed E-state index contributed by atoms with van der Waals surface area (Å²) in [6, 6.07) is 5.03. The van der Waals surface area contributed by atoms with E-state index in [0.29, 0.717) is 33.4 Å². The number of nitrogens with one attached hydrogen (secondary N) is 2. The van der Waals surface area contributed by atoms with Crippen LogP contribution >= 0.6 is 0 Å². The summed E-state index contributed by atoms with van der Waals surface area (Å²) in [5.74, 6) is -0.381. The number of para-hydroxylation sites is 1. The molecule has 2 saturated heterocycles. The second kappa shape index (κ2) is 12.2. The lowest BCUT2D eigenvalue weighted by molar-refractivity contribution is -0.905. The molecule has 2 fully saturated rings. The highest BCUT2D eigenvalue weighted by atomic mass is 35.5. The summed E-state index contributed by atoms with van der Waals surface area (Å²) in [5.41, 5.74) is 0.645. The average Bonchev–Trinajstić information content (AvgIpc) is 2.70. The lowest BCUT2D eigenvalue weighted by Gasteiger charge is -2.40. The van der Waals surface area contributed by atoms with E-state index in [9.17, 15) is 14.7 Å². The van der Waals surface area contributed by atoms with Crippen LogP contribution in [0, 0.1) is 0 Å². The first-order chi connectivity index (χ1) is 14.6. The monoisotopic (exact) mass is 504 g/mol. The number of phenolic OH excluding ortho intramolecular Hbond substituents is 1. The van der Waals surface area contributed by atoms with E-state index in [2.05, 4.69) is 48.6 Å². The van der Waals surface area contributed by atoms with Gasteiger partial charge in [0.05, 0.1) is 51.6 Å². The number of carbonyl (C=O) groups is 2. The minimum atomic E-state index is -0.138. The Hall–Kier alpha value is -1.62. The van der Waals surface area contributed by atoms with Gasteiger partial charge < -0.3 is 49.5 Å². The van der Waals surface area contributed by atoms with Gasteiger partial charge in [0.25, 0.3) is 11.8 Å². The number of halogens is 2. The second-order valence-corrected chi connectivity index (χ2v) is 9.85. The van der Waals surface area contributed by atoms with E-state index in [4.69, 9.17) is 0 Å². The predicted octanol–water partition coefficient (Wildman–Crippen LogP) is -5.94. The van der Waals surface area contributed by atoms with Gasteiger partial charge in [0, 0.05) is 26.2 Å². The van der Waals surface area contributed by atoms with Gasteiger partial charge in [-0.25, -0.2) is 0 Å². The Morgan fingerprint density at radius 3 is 1.48 bits per heavy atom. The molecule has 0 aromatic heterocycles. The molecule has 11 heteroatoms. The summed E-state index contributed by atoms with van der Waals surface area (Å²) in [6.45, 7) is 8.22. The maximum absolute atomic E-state index is 12.6.